The van der Waals surface area contributed by atoms with Gasteiger partial charge in [-0.25, -0.2) is 23.1 Å². The zero-order valence-electron chi connectivity index (χ0n) is 23.9. The molecule has 1 fully saturated rings. The Morgan fingerprint density at radius 2 is 1.87 bits per heavy atom. The van der Waals surface area contributed by atoms with Gasteiger partial charge >= 0.3 is 6.18 Å². The van der Waals surface area contributed by atoms with Gasteiger partial charge in [0.25, 0.3) is 12.3 Å². The molecular formula is C30H25F6N5O5. The Morgan fingerprint density at radius 3 is 2.46 bits per heavy atom. The molecule has 4 aromatic rings. The van der Waals surface area contributed by atoms with Gasteiger partial charge in [-0.1, -0.05) is 0 Å². The van der Waals surface area contributed by atoms with E-state index in [4.69, 9.17) is 15.2 Å². The highest BCUT2D eigenvalue weighted by Gasteiger charge is 2.60. The summed E-state index contributed by atoms with van der Waals surface area (Å²) >= 11 is 0. The first-order chi connectivity index (χ1) is 21.7. The van der Waals surface area contributed by atoms with Gasteiger partial charge in [-0.05, 0) is 49.2 Å². The molecule has 2 amide bonds. The first-order valence-electron chi connectivity index (χ1n) is 13.9. The van der Waals surface area contributed by atoms with Crippen molar-refractivity contribution in [3.63, 3.8) is 0 Å². The molecule has 1 saturated carbocycles. The summed E-state index contributed by atoms with van der Waals surface area (Å²) < 4.78 is 98.8. The number of carbonyl (C=O) groups is 2. The number of imidazole rings is 1. The Kier molecular flexibility index (Phi) is 7.37. The number of nitrogens with one attached hydrogen (secondary N) is 1. The summed E-state index contributed by atoms with van der Waals surface area (Å²) in [5, 5.41) is 13.3. The second-order valence-electron chi connectivity index (χ2n) is 11.2. The Balaban J connectivity index is 1.42. The van der Waals surface area contributed by atoms with E-state index in [1.807, 2.05) is 5.32 Å². The Bertz CT molecular complexity index is 1860. The van der Waals surface area contributed by atoms with Crippen molar-refractivity contribution in [2.75, 3.05) is 20.3 Å². The molecule has 1 aromatic carbocycles. The number of nitrogens with zero attached hydrogens (tertiary/aromatic N) is 3. The monoisotopic (exact) mass is 649 g/mol. The fourth-order valence-corrected chi connectivity index (χ4v) is 5.36. The second-order valence-corrected chi connectivity index (χ2v) is 11.2. The van der Waals surface area contributed by atoms with Crippen molar-refractivity contribution in [1.82, 2.24) is 19.7 Å². The number of ether oxygens (including phenoxy) is 2. The van der Waals surface area contributed by atoms with E-state index in [1.165, 1.54) is 23.8 Å². The number of methoxy groups -OCH3 is 1. The van der Waals surface area contributed by atoms with Gasteiger partial charge in [0, 0.05) is 29.4 Å². The molecule has 4 N–H and O–H groups in total. The molecule has 10 nitrogen and oxygen atoms in total. The predicted molar refractivity (Wildman–Crippen MR) is 148 cm³/mol. The van der Waals surface area contributed by atoms with Crippen LogP contribution in [-0.4, -0.2) is 64.2 Å². The van der Waals surface area contributed by atoms with Crippen LogP contribution in [0.3, 0.4) is 0 Å². The second kappa shape index (κ2) is 10.9. The molecule has 0 spiro atoms. The minimum Gasteiger partial charge on any atom is -0.493 e. The number of hydrogen-bond acceptors (Lipinski definition) is 7. The van der Waals surface area contributed by atoms with Gasteiger partial charge in [-0.3, -0.25) is 9.59 Å². The van der Waals surface area contributed by atoms with Gasteiger partial charge < -0.3 is 30.0 Å². The van der Waals surface area contributed by atoms with Crippen LogP contribution in [0.2, 0.25) is 0 Å². The summed E-state index contributed by atoms with van der Waals surface area (Å²) in [5.41, 5.74) is -3.10. The van der Waals surface area contributed by atoms with Crippen LogP contribution in [0, 0.1) is 5.82 Å². The van der Waals surface area contributed by atoms with Crippen LogP contribution in [0.15, 0.2) is 48.8 Å². The SMILES string of the molecule is COc1cc(C(=O)NCC(O)(c2cc3c(c(-c4ccc(F)cc4)n2)OCC3(C(N)=O)C(F)F)C(F)(F)F)cn2cc(C3CC3)nc12. The fourth-order valence-electron chi connectivity index (χ4n) is 5.36. The van der Waals surface area contributed by atoms with Crippen molar-refractivity contribution in [2.24, 2.45) is 5.73 Å². The summed E-state index contributed by atoms with van der Waals surface area (Å²) in [6.07, 6.45) is -4.18. The van der Waals surface area contributed by atoms with Crippen LogP contribution in [0.5, 0.6) is 11.5 Å². The third-order valence-electron chi connectivity index (χ3n) is 8.24. The maximum Gasteiger partial charge on any atom is 0.424 e. The Morgan fingerprint density at radius 1 is 1.17 bits per heavy atom. The quantitative estimate of drug-likeness (QED) is 0.233. The lowest BCUT2D eigenvalue weighted by Crippen LogP contribution is -2.52. The highest BCUT2D eigenvalue weighted by atomic mass is 19.4. The van der Waals surface area contributed by atoms with Crippen molar-refractivity contribution < 1.29 is 50.5 Å². The van der Waals surface area contributed by atoms with E-state index in [1.54, 1.807) is 6.20 Å². The van der Waals surface area contributed by atoms with E-state index < -0.39 is 77.1 Å². The molecule has 0 bridgehead atoms. The molecule has 3 aromatic heterocycles. The Labute approximate surface area is 256 Å². The number of fused-ring (bicyclic) bond motifs is 2. The van der Waals surface area contributed by atoms with E-state index in [9.17, 15) is 41.0 Å². The molecular weight excluding hydrogens is 624 g/mol. The number of primary amides is 1. The van der Waals surface area contributed by atoms with E-state index in [2.05, 4.69) is 9.97 Å². The molecule has 16 heteroatoms. The lowest BCUT2D eigenvalue weighted by molar-refractivity contribution is -0.265. The number of aromatic nitrogens is 3. The van der Waals surface area contributed by atoms with Crippen molar-refractivity contribution in [3.05, 3.63) is 77.1 Å². The molecule has 6 rings (SSSR count). The van der Waals surface area contributed by atoms with Crippen LogP contribution >= 0.6 is 0 Å². The number of halogens is 6. The predicted octanol–water partition coefficient (Wildman–Crippen LogP) is 3.98. The zero-order chi connectivity index (χ0) is 33.2. The molecule has 0 radical (unpaired) electrons. The highest BCUT2D eigenvalue weighted by molar-refractivity contribution is 5.95. The van der Waals surface area contributed by atoms with Crippen molar-refractivity contribution in [1.29, 1.82) is 0 Å². The molecule has 2 atom stereocenters. The highest BCUT2D eigenvalue weighted by Crippen LogP contribution is 2.50. The van der Waals surface area contributed by atoms with Crippen LogP contribution in [0.25, 0.3) is 16.9 Å². The van der Waals surface area contributed by atoms with Gasteiger partial charge in [-0.2, -0.15) is 13.2 Å². The molecule has 1 aliphatic carbocycles. The Hall–Kier alpha value is -4.86. The summed E-state index contributed by atoms with van der Waals surface area (Å²) in [5.74, 6) is -3.43. The van der Waals surface area contributed by atoms with Crippen molar-refractivity contribution >= 4 is 17.5 Å². The average molecular weight is 650 g/mol. The minimum atomic E-state index is -5.55. The van der Waals surface area contributed by atoms with Crippen LogP contribution in [-0.2, 0) is 15.8 Å². The maximum absolute atomic E-state index is 14.7. The first kappa shape index (κ1) is 31.1. The lowest BCUT2D eigenvalue weighted by atomic mass is 9.80. The van der Waals surface area contributed by atoms with Crippen molar-refractivity contribution in [3.8, 4) is 22.8 Å². The normalized spacial score (nSPS) is 19.1. The average Bonchev–Trinajstić information content (AvgIpc) is 3.64. The number of nitrogens with two attached hydrogens (primary N) is 1. The molecule has 4 heterocycles. The number of amides is 2. The number of aliphatic hydroxyl groups is 1. The molecule has 46 heavy (non-hydrogen) atoms. The third kappa shape index (κ3) is 4.96. The van der Waals surface area contributed by atoms with Crippen LogP contribution in [0.1, 0.15) is 46.1 Å². The maximum atomic E-state index is 14.7. The van der Waals surface area contributed by atoms with E-state index in [0.29, 0.717) is 11.7 Å². The largest absolute Gasteiger partial charge is 0.493 e. The minimum absolute atomic E-state index is 0.0751. The molecule has 242 valence electrons. The van der Waals surface area contributed by atoms with Gasteiger partial charge in [-0.15, -0.1) is 0 Å². The number of benzene rings is 1. The zero-order valence-corrected chi connectivity index (χ0v) is 23.9. The summed E-state index contributed by atoms with van der Waals surface area (Å²) in [6.45, 7) is -2.56. The summed E-state index contributed by atoms with van der Waals surface area (Å²) in [4.78, 5) is 34.0. The summed E-state index contributed by atoms with van der Waals surface area (Å²) in [6, 6.07) is 5.80. The fraction of sp³-hybridized carbons (Fsp3) is 0.333. The molecule has 2 aliphatic rings. The topological polar surface area (TPSA) is 141 Å². The van der Waals surface area contributed by atoms with Gasteiger partial charge in [0.15, 0.2) is 16.8 Å². The van der Waals surface area contributed by atoms with Crippen LogP contribution in [0.4, 0.5) is 26.3 Å². The number of alkyl halides is 5. The number of carbonyl (C=O) groups excluding carboxylic acids is 2. The number of pyridine rings is 2. The van der Waals surface area contributed by atoms with E-state index in [-0.39, 0.29) is 22.8 Å². The lowest BCUT2D eigenvalue weighted by Gasteiger charge is -2.32. The van der Waals surface area contributed by atoms with Crippen molar-refractivity contribution in [2.45, 2.75) is 42.4 Å². The van der Waals surface area contributed by atoms with E-state index in [0.717, 1.165) is 42.8 Å². The smallest absolute Gasteiger partial charge is 0.424 e. The summed E-state index contributed by atoms with van der Waals surface area (Å²) in [7, 11) is 1.33. The molecule has 1 aliphatic heterocycles. The van der Waals surface area contributed by atoms with Gasteiger partial charge in [0.05, 0.1) is 30.6 Å². The van der Waals surface area contributed by atoms with Gasteiger partial charge in [0.1, 0.15) is 23.9 Å². The number of hydrogen-bond donors (Lipinski definition) is 3. The first-order valence-corrected chi connectivity index (χ1v) is 13.9. The van der Waals surface area contributed by atoms with E-state index >= 15 is 0 Å². The molecule has 0 saturated heterocycles. The number of rotatable bonds is 9. The third-order valence-corrected chi connectivity index (χ3v) is 8.24. The van der Waals surface area contributed by atoms with Crippen LogP contribution < -0.4 is 20.5 Å². The van der Waals surface area contributed by atoms with Gasteiger partial charge in [0.2, 0.25) is 11.5 Å². The molecule has 2 unspecified atom stereocenters. The standard InChI is InChI=1S/C30H25F6N5O5/c1-45-20-8-16(10-41-11-19(14-2-3-14)39-24(20)41)25(42)38-12-29(44,30(34,35)36)21-9-18-23(46-13-28(18,26(32)33)27(37)43)22(40-21)15-4-6-17(31)7-5-15/h4-11,14,26,44H,2-3,12-13H2,1H3,(H2,37,43)(H,38,42).